The zero-order chi connectivity index (χ0) is 11.2. The fraction of sp³-hybridized carbons (Fsp3) is 0.818. The minimum absolute atomic E-state index is 0.447. The van der Waals surface area contributed by atoms with Crippen molar-refractivity contribution in [2.45, 2.75) is 32.8 Å². The van der Waals surface area contributed by atoms with Crippen molar-refractivity contribution < 1.29 is 9.26 Å². The molecule has 1 N–H and O–H groups in total. The Kier molecular flexibility index (Phi) is 4.30. The van der Waals surface area contributed by atoms with Crippen LogP contribution in [0.4, 0.5) is 0 Å². The van der Waals surface area contributed by atoms with Crippen molar-refractivity contribution in [1.82, 2.24) is 15.5 Å². The van der Waals surface area contributed by atoms with Gasteiger partial charge in [-0.1, -0.05) is 5.16 Å². The fourth-order valence-corrected chi connectivity index (χ4v) is 1.97. The van der Waals surface area contributed by atoms with Crippen LogP contribution >= 0.6 is 0 Å². The van der Waals surface area contributed by atoms with Gasteiger partial charge in [-0.05, 0) is 38.8 Å². The molecule has 1 aromatic rings. The third-order valence-electron chi connectivity index (χ3n) is 2.81. The Morgan fingerprint density at radius 1 is 1.56 bits per heavy atom. The molecule has 0 bridgehead atoms. The SMILES string of the molecule is CCOCc1noc(CC2CCCNC2)n1. The molecule has 1 atom stereocenters. The minimum atomic E-state index is 0.447. The van der Waals surface area contributed by atoms with E-state index in [0.717, 1.165) is 25.4 Å². The van der Waals surface area contributed by atoms with Crippen molar-refractivity contribution in [1.29, 1.82) is 0 Å². The Hall–Kier alpha value is -0.940. The number of nitrogens with one attached hydrogen (secondary N) is 1. The maximum atomic E-state index is 5.23. The van der Waals surface area contributed by atoms with Gasteiger partial charge in [-0.3, -0.25) is 0 Å². The fourth-order valence-electron chi connectivity index (χ4n) is 1.97. The molecule has 0 aromatic carbocycles. The summed E-state index contributed by atoms with van der Waals surface area (Å²) in [5.41, 5.74) is 0. The smallest absolute Gasteiger partial charge is 0.227 e. The van der Waals surface area contributed by atoms with Gasteiger partial charge in [0.15, 0.2) is 5.82 Å². The lowest BCUT2D eigenvalue weighted by Gasteiger charge is -2.20. The van der Waals surface area contributed by atoms with Gasteiger partial charge in [0, 0.05) is 13.0 Å². The van der Waals surface area contributed by atoms with Crippen molar-refractivity contribution in [2.75, 3.05) is 19.7 Å². The van der Waals surface area contributed by atoms with Crippen LogP contribution in [0, 0.1) is 5.92 Å². The summed E-state index contributed by atoms with van der Waals surface area (Å²) in [4.78, 5) is 4.31. The Labute approximate surface area is 95.6 Å². The quantitative estimate of drug-likeness (QED) is 0.814. The maximum Gasteiger partial charge on any atom is 0.227 e. The van der Waals surface area contributed by atoms with Crippen molar-refractivity contribution in [3.05, 3.63) is 11.7 Å². The molecule has 1 fully saturated rings. The van der Waals surface area contributed by atoms with Crippen LogP contribution in [0.1, 0.15) is 31.5 Å². The monoisotopic (exact) mass is 225 g/mol. The molecule has 1 saturated heterocycles. The van der Waals surface area contributed by atoms with Gasteiger partial charge in [-0.25, -0.2) is 0 Å². The molecule has 1 aliphatic heterocycles. The second kappa shape index (κ2) is 5.96. The molecule has 90 valence electrons. The van der Waals surface area contributed by atoms with Gasteiger partial charge in [0.2, 0.25) is 5.89 Å². The Morgan fingerprint density at radius 2 is 2.50 bits per heavy atom. The van der Waals surface area contributed by atoms with Gasteiger partial charge in [-0.2, -0.15) is 4.98 Å². The second-order valence-corrected chi connectivity index (χ2v) is 4.16. The summed E-state index contributed by atoms with van der Waals surface area (Å²) in [7, 11) is 0. The van der Waals surface area contributed by atoms with Crippen LogP contribution in [0.15, 0.2) is 4.52 Å². The minimum Gasteiger partial charge on any atom is -0.374 e. The first kappa shape index (κ1) is 11.5. The molecule has 2 rings (SSSR count). The number of piperidine rings is 1. The van der Waals surface area contributed by atoms with E-state index >= 15 is 0 Å². The van der Waals surface area contributed by atoms with Crippen LogP contribution in [0.5, 0.6) is 0 Å². The molecule has 1 unspecified atom stereocenters. The zero-order valence-electron chi connectivity index (χ0n) is 9.74. The van der Waals surface area contributed by atoms with Crippen molar-refractivity contribution in [3.63, 3.8) is 0 Å². The van der Waals surface area contributed by atoms with Crippen LogP contribution in [0.25, 0.3) is 0 Å². The van der Waals surface area contributed by atoms with E-state index in [1.165, 1.54) is 12.8 Å². The van der Waals surface area contributed by atoms with Crippen molar-refractivity contribution in [3.8, 4) is 0 Å². The number of aromatic nitrogens is 2. The summed E-state index contributed by atoms with van der Waals surface area (Å²) in [6, 6.07) is 0. The average molecular weight is 225 g/mol. The first-order chi connectivity index (χ1) is 7.88. The van der Waals surface area contributed by atoms with Crippen LogP contribution in [0.3, 0.4) is 0 Å². The molecule has 0 aliphatic carbocycles. The Balaban J connectivity index is 1.81. The molecule has 0 saturated carbocycles. The number of hydrogen-bond acceptors (Lipinski definition) is 5. The third-order valence-corrected chi connectivity index (χ3v) is 2.81. The maximum absolute atomic E-state index is 5.23. The zero-order valence-corrected chi connectivity index (χ0v) is 9.74. The van der Waals surface area contributed by atoms with E-state index in [1.54, 1.807) is 0 Å². The van der Waals surface area contributed by atoms with Crippen LogP contribution in [-0.4, -0.2) is 29.8 Å². The first-order valence-electron chi connectivity index (χ1n) is 5.98. The second-order valence-electron chi connectivity index (χ2n) is 4.16. The number of hydrogen-bond donors (Lipinski definition) is 1. The lowest BCUT2D eigenvalue weighted by atomic mass is 9.96. The average Bonchev–Trinajstić information content (AvgIpc) is 2.75. The van der Waals surface area contributed by atoms with E-state index in [1.807, 2.05) is 6.92 Å². The topological polar surface area (TPSA) is 60.2 Å². The van der Waals surface area contributed by atoms with Crippen LogP contribution < -0.4 is 5.32 Å². The van der Waals surface area contributed by atoms with Gasteiger partial charge < -0.3 is 14.6 Å². The highest BCUT2D eigenvalue weighted by atomic mass is 16.5. The van der Waals surface area contributed by atoms with Crippen molar-refractivity contribution in [2.24, 2.45) is 5.92 Å². The van der Waals surface area contributed by atoms with Crippen LogP contribution in [0.2, 0.25) is 0 Å². The van der Waals surface area contributed by atoms with E-state index in [-0.39, 0.29) is 0 Å². The largest absolute Gasteiger partial charge is 0.374 e. The van der Waals surface area contributed by atoms with Crippen molar-refractivity contribution >= 4 is 0 Å². The summed E-state index contributed by atoms with van der Waals surface area (Å²) >= 11 is 0. The molecule has 0 spiro atoms. The summed E-state index contributed by atoms with van der Waals surface area (Å²) in [5.74, 6) is 2.03. The molecule has 2 heterocycles. The summed E-state index contributed by atoms with van der Waals surface area (Å²) in [5, 5.41) is 7.27. The van der Waals surface area contributed by atoms with E-state index in [0.29, 0.717) is 25.0 Å². The standard InChI is InChI=1S/C11H19N3O2/c1-2-15-8-10-13-11(16-14-10)6-9-4-3-5-12-7-9/h9,12H,2-8H2,1H3. The molecule has 0 radical (unpaired) electrons. The van der Waals surface area contributed by atoms with Gasteiger partial charge in [0.05, 0.1) is 0 Å². The van der Waals surface area contributed by atoms with E-state index in [9.17, 15) is 0 Å². The molecule has 1 aromatic heterocycles. The van der Waals surface area contributed by atoms with E-state index in [2.05, 4.69) is 15.5 Å². The predicted molar refractivity (Wildman–Crippen MR) is 58.9 cm³/mol. The Bertz CT molecular complexity index is 308. The number of ether oxygens (including phenoxy) is 1. The summed E-state index contributed by atoms with van der Waals surface area (Å²) in [6.07, 6.45) is 3.37. The normalized spacial score (nSPS) is 21.2. The van der Waals surface area contributed by atoms with Gasteiger partial charge in [0.1, 0.15) is 6.61 Å². The first-order valence-corrected chi connectivity index (χ1v) is 5.98. The number of rotatable bonds is 5. The lowest BCUT2D eigenvalue weighted by molar-refractivity contribution is 0.126. The number of nitrogens with zero attached hydrogens (tertiary/aromatic N) is 2. The van der Waals surface area contributed by atoms with E-state index in [4.69, 9.17) is 9.26 Å². The highest BCUT2D eigenvalue weighted by Crippen LogP contribution is 2.15. The van der Waals surface area contributed by atoms with Crippen LogP contribution in [-0.2, 0) is 17.8 Å². The van der Waals surface area contributed by atoms with Gasteiger partial charge in [0.25, 0.3) is 0 Å². The van der Waals surface area contributed by atoms with Gasteiger partial charge >= 0.3 is 0 Å². The molecular weight excluding hydrogens is 206 g/mol. The molecular formula is C11H19N3O2. The Morgan fingerprint density at radius 3 is 3.25 bits per heavy atom. The molecule has 16 heavy (non-hydrogen) atoms. The molecule has 0 amide bonds. The summed E-state index contributed by atoms with van der Waals surface area (Å²) in [6.45, 7) is 5.27. The predicted octanol–water partition coefficient (Wildman–Crippen LogP) is 1.15. The highest BCUT2D eigenvalue weighted by Gasteiger charge is 2.17. The molecule has 5 heteroatoms. The van der Waals surface area contributed by atoms with Gasteiger partial charge in [-0.15, -0.1) is 0 Å². The summed E-state index contributed by atoms with van der Waals surface area (Å²) < 4.78 is 10.4. The van der Waals surface area contributed by atoms with E-state index < -0.39 is 0 Å². The highest BCUT2D eigenvalue weighted by molar-refractivity contribution is 4.87. The third kappa shape index (κ3) is 3.28. The lowest BCUT2D eigenvalue weighted by Crippen LogP contribution is -2.30. The molecule has 1 aliphatic rings. The molecule has 5 nitrogen and oxygen atoms in total.